The van der Waals surface area contributed by atoms with Gasteiger partial charge in [-0.05, 0) is 37.3 Å². The molecule has 0 radical (unpaired) electrons. The molecule has 12 heteroatoms. The van der Waals surface area contributed by atoms with Gasteiger partial charge in [0.2, 0.25) is 5.95 Å². The molecule has 0 aliphatic carbocycles. The summed E-state index contributed by atoms with van der Waals surface area (Å²) < 4.78 is 24.7. The first kappa shape index (κ1) is 24.7. The molecule has 2 aliphatic rings. The number of nitrogens with one attached hydrogen (secondary N) is 1. The van der Waals surface area contributed by atoms with Crippen molar-refractivity contribution in [2.24, 2.45) is 5.41 Å². The van der Waals surface area contributed by atoms with E-state index in [1.54, 1.807) is 24.1 Å². The van der Waals surface area contributed by atoms with E-state index in [-0.39, 0.29) is 21.6 Å². The summed E-state index contributed by atoms with van der Waals surface area (Å²) in [5, 5.41) is 8.45. The summed E-state index contributed by atoms with van der Waals surface area (Å²) in [7, 11) is 1.40. The summed E-state index contributed by atoms with van der Waals surface area (Å²) in [5.41, 5.74) is 2.89. The van der Waals surface area contributed by atoms with E-state index < -0.39 is 12.1 Å². The molecule has 1 atom stereocenters. The third kappa shape index (κ3) is 4.17. The zero-order valence-corrected chi connectivity index (χ0v) is 22.1. The SMILES string of the molecule is COC(=O)N1CC2(C1)CN(c1ccc(-c3n[nH]c4ccc(O[C@@H](C)c5c(Cl)cnc(F)c5Cl)cc34)cn1)C2. The Labute approximate surface area is 227 Å². The number of halogens is 3. The van der Waals surface area contributed by atoms with Crippen LogP contribution in [0.25, 0.3) is 22.2 Å². The summed E-state index contributed by atoms with van der Waals surface area (Å²) in [6, 6.07) is 9.48. The molecular formula is C26H23Cl2FN6O3. The molecule has 0 unspecified atom stereocenters. The number of methoxy groups -OCH3 is 1. The number of aromatic amines is 1. The van der Waals surface area contributed by atoms with E-state index in [0.717, 1.165) is 41.1 Å². The molecule has 1 N–H and O–H groups in total. The Kier molecular flexibility index (Phi) is 6.03. The molecule has 1 spiro atoms. The van der Waals surface area contributed by atoms with Crippen molar-refractivity contribution >= 4 is 46.0 Å². The van der Waals surface area contributed by atoms with Crippen LogP contribution in [-0.4, -0.2) is 64.4 Å². The maximum absolute atomic E-state index is 13.9. The van der Waals surface area contributed by atoms with Crippen LogP contribution in [0.15, 0.2) is 42.7 Å². The molecule has 5 heterocycles. The van der Waals surface area contributed by atoms with Crippen LogP contribution in [0.5, 0.6) is 5.75 Å². The molecule has 0 bridgehead atoms. The number of benzene rings is 1. The van der Waals surface area contributed by atoms with Crippen molar-refractivity contribution in [3.63, 3.8) is 0 Å². The Balaban J connectivity index is 1.17. The summed E-state index contributed by atoms with van der Waals surface area (Å²) in [4.78, 5) is 23.7. The van der Waals surface area contributed by atoms with Gasteiger partial charge < -0.3 is 19.3 Å². The molecule has 2 saturated heterocycles. The van der Waals surface area contributed by atoms with E-state index >= 15 is 0 Å². The molecule has 6 rings (SSSR count). The van der Waals surface area contributed by atoms with Gasteiger partial charge >= 0.3 is 6.09 Å². The fourth-order valence-corrected chi connectivity index (χ4v) is 5.89. The van der Waals surface area contributed by atoms with E-state index in [0.29, 0.717) is 24.4 Å². The number of H-pyrrole nitrogens is 1. The highest BCUT2D eigenvalue weighted by molar-refractivity contribution is 6.35. The molecule has 9 nitrogen and oxygen atoms in total. The fourth-order valence-electron chi connectivity index (χ4n) is 5.24. The fraction of sp³-hybridized carbons (Fsp3) is 0.308. The molecule has 1 amide bonds. The van der Waals surface area contributed by atoms with Crippen LogP contribution in [0.3, 0.4) is 0 Å². The molecular weight excluding hydrogens is 534 g/mol. The molecule has 38 heavy (non-hydrogen) atoms. The predicted molar refractivity (Wildman–Crippen MR) is 141 cm³/mol. The highest BCUT2D eigenvalue weighted by atomic mass is 35.5. The van der Waals surface area contributed by atoms with Gasteiger partial charge in [-0.1, -0.05) is 23.2 Å². The number of aromatic nitrogens is 4. The zero-order chi connectivity index (χ0) is 26.6. The summed E-state index contributed by atoms with van der Waals surface area (Å²) in [5.74, 6) is 0.634. The van der Waals surface area contributed by atoms with Gasteiger partial charge in [-0.25, -0.2) is 14.8 Å². The van der Waals surface area contributed by atoms with Gasteiger partial charge in [0.25, 0.3) is 0 Å². The normalized spacial score (nSPS) is 16.8. The lowest BCUT2D eigenvalue weighted by atomic mass is 9.73. The van der Waals surface area contributed by atoms with Crippen LogP contribution in [-0.2, 0) is 4.74 Å². The van der Waals surface area contributed by atoms with Gasteiger partial charge in [-0.2, -0.15) is 9.49 Å². The van der Waals surface area contributed by atoms with Crippen LogP contribution in [0.4, 0.5) is 15.0 Å². The van der Waals surface area contributed by atoms with Crippen molar-refractivity contribution in [2.75, 3.05) is 38.2 Å². The third-order valence-corrected chi connectivity index (χ3v) is 7.76. The van der Waals surface area contributed by atoms with Crippen molar-refractivity contribution in [2.45, 2.75) is 13.0 Å². The van der Waals surface area contributed by atoms with Crippen LogP contribution >= 0.6 is 23.2 Å². The first-order valence-electron chi connectivity index (χ1n) is 12.0. The number of pyridine rings is 2. The number of likely N-dealkylation sites (tertiary alicyclic amines) is 1. The number of hydrogen-bond donors (Lipinski definition) is 1. The Morgan fingerprint density at radius 3 is 2.63 bits per heavy atom. The Morgan fingerprint density at radius 1 is 1.13 bits per heavy atom. The topological polar surface area (TPSA) is 96.5 Å². The molecule has 4 aromatic rings. The van der Waals surface area contributed by atoms with Crippen molar-refractivity contribution in [1.29, 1.82) is 0 Å². The third-order valence-electron chi connectivity index (χ3n) is 7.10. The molecule has 3 aromatic heterocycles. The lowest BCUT2D eigenvalue weighted by Crippen LogP contribution is -2.73. The maximum atomic E-state index is 13.9. The minimum atomic E-state index is -0.797. The second-order valence-corrected chi connectivity index (χ2v) is 10.5. The summed E-state index contributed by atoms with van der Waals surface area (Å²) in [6.45, 7) is 4.88. The van der Waals surface area contributed by atoms with Crippen LogP contribution in [0.1, 0.15) is 18.6 Å². The van der Waals surface area contributed by atoms with Gasteiger partial charge in [0, 0.05) is 60.5 Å². The monoisotopic (exact) mass is 556 g/mol. The smallest absolute Gasteiger partial charge is 0.409 e. The van der Waals surface area contributed by atoms with Crippen molar-refractivity contribution in [1.82, 2.24) is 25.1 Å². The Bertz CT molecular complexity index is 1530. The average Bonchev–Trinajstić information content (AvgIpc) is 3.28. The largest absolute Gasteiger partial charge is 0.486 e. The van der Waals surface area contributed by atoms with E-state index in [1.807, 2.05) is 24.3 Å². The van der Waals surface area contributed by atoms with E-state index in [4.69, 9.17) is 32.7 Å². The highest BCUT2D eigenvalue weighted by Gasteiger charge is 2.53. The molecule has 2 aliphatic heterocycles. The maximum Gasteiger partial charge on any atom is 0.409 e. The number of amides is 1. The van der Waals surface area contributed by atoms with Gasteiger partial charge in [-0.3, -0.25) is 5.10 Å². The van der Waals surface area contributed by atoms with E-state index in [9.17, 15) is 9.18 Å². The first-order chi connectivity index (χ1) is 18.3. The van der Waals surface area contributed by atoms with Crippen molar-refractivity contribution < 1.29 is 18.7 Å². The number of nitrogens with zero attached hydrogens (tertiary/aromatic N) is 5. The zero-order valence-electron chi connectivity index (χ0n) is 20.5. The Hall–Kier alpha value is -3.63. The number of carbonyl (C=O) groups excluding carboxylic acids is 1. The van der Waals surface area contributed by atoms with E-state index in [2.05, 4.69) is 25.1 Å². The highest BCUT2D eigenvalue weighted by Crippen LogP contribution is 2.42. The minimum absolute atomic E-state index is 0.136. The lowest BCUT2D eigenvalue weighted by Gasteiger charge is -2.59. The number of fused-ring (bicyclic) bond motifs is 1. The second kappa shape index (κ2) is 9.28. The summed E-state index contributed by atoms with van der Waals surface area (Å²) >= 11 is 12.3. The van der Waals surface area contributed by atoms with Gasteiger partial charge in [0.15, 0.2) is 0 Å². The van der Waals surface area contributed by atoms with Crippen LogP contribution in [0.2, 0.25) is 10.0 Å². The average molecular weight is 557 g/mol. The van der Waals surface area contributed by atoms with Crippen molar-refractivity contribution in [3.8, 4) is 17.0 Å². The first-order valence-corrected chi connectivity index (χ1v) is 12.7. The van der Waals surface area contributed by atoms with E-state index in [1.165, 1.54) is 13.3 Å². The molecule has 2 fully saturated rings. The standard InChI is InChI=1S/C26H23Cl2FN6O3/c1-14(21-18(27)9-31-24(29)22(21)28)38-16-4-5-19-17(7-16)23(33-32-19)15-3-6-20(30-8-15)34-10-26(11-34)12-35(13-26)25(36)37-2/h3-9,14H,10-13H2,1-2H3,(H,32,33)/t14-/m0/s1. The minimum Gasteiger partial charge on any atom is -0.486 e. The van der Waals surface area contributed by atoms with Crippen LogP contribution in [0, 0.1) is 11.4 Å². The van der Waals surface area contributed by atoms with Gasteiger partial charge in [0.1, 0.15) is 28.4 Å². The lowest BCUT2D eigenvalue weighted by molar-refractivity contribution is -0.0153. The van der Waals surface area contributed by atoms with Gasteiger partial charge in [0.05, 0.1) is 17.6 Å². The van der Waals surface area contributed by atoms with Crippen molar-refractivity contribution in [3.05, 3.63) is 64.3 Å². The number of ether oxygens (including phenoxy) is 2. The number of carbonyl (C=O) groups is 1. The number of hydrogen-bond acceptors (Lipinski definition) is 7. The quantitative estimate of drug-likeness (QED) is 0.324. The molecule has 196 valence electrons. The van der Waals surface area contributed by atoms with Crippen LogP contribution < -0.4 is 9.64 Å². The second-order valence-electron chi connectivity index (χ2n) is 9.75. The number of anilines is 1. The Morgan fingerprint density at radius 2 is 1.92 bits per heavy atom. The molecule has 0 saturated carbocycles. The molecule has 1 aromatic carbocycles. The van der Waals surface area contributed by atoms with Gasteiger partial charge in [-0.15, -0.1) is 0 Å². The predicted octanol–water partition coefficient (Wildman–Crippen LogP) is 5.49. The number of rotatable bonds is 5. The summed E-state index contributed by atoms with van der Waals surface area (Å²) in [6.07, 6.45) is 2.13.